The van der Waals surface area contributed by atoms with Crippen LogP contribution in [0.15, 0.2) is 29.0 Å². The van der Waals surface area contributed by atoms with Gasteiger partial charge in [-0.3, -0.25) is 4.98 Å². The lowest BCUT2D eigenvalue weighted by Crippen LogP contribution is -2.00. The largest absolute Gasteiger partial charge is 0.487 e. The molecular formula is C12H10BrNO3S. The van der Waals surface area contributed by atoms with E-state index >= 15 is 0 Å². The smallest absolute Gasteiger partial charge is 0.349 e. The number of aromatic nitrogens is 1. The molecule has 6 heteroatoms. The average Bonchev–Trinajstić information content (AvgIpc) is 2.68. The number of ether oxygens (including phenoxy) is 1. The Hall–Kier alpha value is -1.40. The SMILES string of the molecule is Cc1cc(OCc2cncc(Br)c2)c(C(=O)O)s1. The fourth-order valence-electron chi connectivity index (χ4n) is 1.44. The first-order valence-electron chi connectivity index (χ1n) is 5.12. The summed E-state index contributed by atoms with van der Waals surface area (Å²) in [6.07, 6.45) is 3.37. The Bertz CT molecular complexity index is 582. The Morgan fingerprint density at radius 3 is 2.94 bits per heavy atom. The number of carboxylic acid groups (broad SMARTS) is 1. The number of carboxylic acids is 1. The topological polar surface area (TPSA) is 59.4 Å². The standard InChI is InChI=1S/C12H10BrNO3S/c1-7-2-10(11(18-7)12(15)16)17-6-8-3-9(13)5-14-4-8/h2-5H,6H2,1H3,(H,15,16). The molecule has 0 radical (unpaired) electrons. The van der Waals surface area contributed by atoms with Crippen molar-refractivity contribution in [1.29, 1.82) is 0 Å². The maximum Gasteiger partial charge on any atom is 0.349 e. The van der Waals surface area contributed by atoms with Crippen LogP contribution in [0.1, 0.15) is 20.1 Å². The molecule has 0 bridgehead atoms. The van der Waals surface area contributed by atoms with Crippen LogP contribution in [0.2, 0.25) is 0 Å². The van der Waals surface area contributed by atoms with E-state index in [0.717, 1.165) is 14.9 Å². The van der Waals surface area contributed by atoms with Gasteiger partial charge in [-0.15, -0.1) is 11.3 Å². The third-order valence-corrected chi connectivity index (χ3v) is 3.62. The number of hydrogen-bond acceptors (Lipinski definition) is 4. The highest BCUT2D eigenvalue weighted by atomic mass is 79.9. The van der Waals surface area contributed by atoms with Crippen molar-refractivity contribution in [2.75, 3.05) is 0 Å². The molecule has 18 heavy (non-hydrogen) atoms. The van der Waals surface area contributed by atoms with Crippen LogP contribution in [0.25, 0.3) is 0 Å². The highest BCUT2D eigenvalue weighted by molar-refractivity contribution is 9.10. The van der Waals surface area contributed by atoms with E-state index < -0.39 is 5.97 Å². The summed E-state index contributed by atoms with van der Waals surface area (Å²) < 4.78 is 6.39. The van der Waals surface area contributed by atoms with Gasteiger partial charge in [0.25, 0.3) is 0 Å². The zero-order valence-corrected chi connectivity index (χ0v) is 11.9. The fourth-order valence-corrected chi connectivity index (χ4v) is 2.65. The molecular weight excluding hydrogens is 318 g/mol. The predicted octanol–water partition coefficient (Wildman–Crippen LogP) is 3.49. The lowest BCUT2D eigenvalue weighted by molar-refractivity contribution is 0.0697. The molecule has 0 aliphatic rings. The van der Waals surface area contributed by atoms with E-state index in [1.165, 1.54) is 11.3 Å². The second kappa shape index (κ2) is 5.49. The van der Waals surface area contributed by atoms with Crippen LogP contribution in [-0.4, -0.2) is 16.1 Å². The first-order chi connectivity index (χ1) is 8.56. The molecule has 0 aliphatic carbocycles. The summed E-state index contributed by atoms with van der Waals surface area (Å²) in [6.45, 7) is 2.15. The van der Waals surface area contributed by atoms with Crippen molar-refractivity contribution in [3.63, 3.8) is 0 Å². The lowest BCUT2D eigenvalue weighted by atomic mass is 10.3. The zero-order valence-electron chi connectivity index (χ0n) is 9.51. The molecule has 0 spiro atoms. The van der Waals surface area contributed by atoms with E-state index in [1.807, 2.05) is 13.0 Å². The summed E-state index contributed by atoms with van der Waals surface area (Å²) in [5.41, 5.74) is 0.879. The van der Waals surface area contributed by atoms with Crippen LogP contribution in [0.3, 0.4) is 0 Å². The second-order valence-electron chi connectivity index (χ2n) is 3.66. The normalized spacial score (nSPS) is 10.3. The summed E-state index contributed by atoms with van der Waals surface area (Å²) in [5.74, 6) is -0.555. The van der Waals surface area contributed by atoms with Gasteiger partial charge in [0.15, 0.2) is 4.88 Å². The molecule has 0 unspecified atom stereocenters. The summed E-state index contributed by atoms with van der Waals surface area (Å²) in [7, 11) is 0. The van der Waals surface area contributed by atoms with E-state index in [-0.39, 0.29) is 4.88 Å². The number of aromatic carboxylic acids is 1. The van der Waals surface area contributed by atoms with Crippen molar-refractivity contribution in [1.82, 2.24) is 4.98 Å². The molecule has 0 atom stereocenters. The van der Waals surface area contributed by atoms with Crippen molar-refractivity contribution in [2.24, 2.45) is 0 Å². The van der Waals surface area contributed by atoms with Gasteiger partial charge in [0.05, 0.1) is 0 Å². The van der Waals surface area contributed by atoms with Crippen molar-refractivity contribution in [3.8, 4) is 5.75 Å². The summed E-state index contributed by atoms with van der Waals surface area (Å²) >= 11 is 4.53. The number of halogens is 1. The molecule has 2 aromatic rings. The number of nitrogens with zero attached hydrogens (tertiary/aromatic N) is 1. The third kappa shape index (κ3) is 3.08. The number of hydrogen-bond donors (Lipinski definition) is 1. The molecule has 1 N–H and O–H groups in total. The molecule has 0 aromatic carbocycles. The highest BCUT2D eigenvalue weighted by Gasteiger charge is 2.15. The first-order valence-corrected chi connectivity index (χ1v) is 6.73. The van der Waals surface area contributed by atoms with Gasteiger partial charge >= 0.3 is 5.97 Å². The van der Waals surface area contributed by atoms with Gasteiger partial charge in [-0.1, -0.05) is 0 Å². The van der Waals surface area contributed by atoms with Gasteiger partial charge in [-0.05, 0) is 35.0 Å². The van der Waals surface area contributed by atoms with Gasteiger partial charge in [-0.2, -0.15) is 0 Å². The Morgan fingerprint density at radius 2 is 2.28 bits per heavy atom. The lowest BCUT2D eigenvalue weighted by Gasteiger charge is -2.05. The quantitative estimate of drug-likeness (QED) is 0.933. The number of carbonyl (C=O) groups is 1. The van der Waals surface area contributed by atoms with E-state index in [0.29, 0.717) is 12.4 Å². The predicted molar refractivity (Wildman–Crippen MR) is 72.3 cm³/mol. The van der Waals surface area contributed by atoms with E-state index in [2.05, 4.69) is 20.9 Å². The minimum atomic E-state index is -0.963. The maximum atomic E-state index is 11.0. The van der Waals surface area contributed by atoms with Crippen molar-refractivity contribution in [3.05, 3.63) is 44.3 Å². The van der Waals surface area contributed by atoms with Gasteiger partial charge in [0, 0.05) is 27.3 Å². The second-order valence-corrected chi connectivity index (χ2v) is 5.83. The molecule has 0 fully saturated rings. The van der Waals surface area contributed by atoms with Crippen molar-refractivity contribution < 1.29 is 14.6 Å². The van der Waals surface area contributed by atoms with E-state index in [1.54, 1.807) is 18.5 Å². The molecule has 94 valence electrons. The minimum Gasteiger partial charge on any atom is -0.487 e. The summed E-state index contributed by atoms with van der Waals surface area (Å²) in [6, 6.07) is 3.62. The Balaban J connectivity index is 2.13. The Labute approximate surface area is 116 Å². The summed E-state index contributed by atoms with van der Waals surface area (Å²) in [5, 5.41) is 9.03. The zero-order chi connectivity index (χ0) is 13.1. The van der Waals surface area contributed by atoms with Gasteiger partial charge in [0.2, 0.25) is 0 Å². The average molecular weight is 328 g/mol. The maximum absolute atomic E-state index is 11.0. The van der Waals surface area contributed by atoms with E-state index in [4.69, 9.17) is 9.84 Å². The number of aryl methyl sites for hydroxylation is 1. The number of rotatable bonds is 4. The molecule has 2 rings (SSSR count). The third-order valence-electron chi connectivity index (χ3n) is 2.17. The molecule has 0 amide bonds. The fraction of sp³-hybridized carbons (Fsp3) is 0.167. The van der Waals surface area contributed by atoms with Crippen LogP contribution >= 0.6 is 27.3 Å². The molecule has 4 nitrogen and oxygen atoms in total. The first kappa shape index (κ1) is 13.0. The number of pyridine rings is 1. The van der Waals surface area contributed by atoms with Crippen LogP contribution in [0, 0.1) is 6.92 Å². The minimum absolute atomic E-state index is 0.232. The molecule has 2 heterocycles. The van der Waals surface area contributed by atoms with Crippen LogP contribution in [0.5, 0.6) is 5.75 Å². The van der Waals surface area contributed by atoms with Gasteiger partial charge in [-0.25, -0.2) is 4.79 Å². The summed E-state index contributed by atoms with van der Waals surface area (Å²) in [4.78, 5) is 16.2. The van der Waals surface area contributed by atoms with Crippen LogP contribution in [-0.2, 0) is 6.61 Å². The molecule has 0 aliphatic heterocycles. The number of thiophene rings is 1. The molecule has 0 saturated heterocycles. The van der Waals surface area contributed by atoms with E-state index in [9.17, 15) is 4.79 Å². The monoisotopic (exact) mass is 327 g/mol. The highest BCUT2D eigenvalue weighted by Crippen LogP contribution is 2.29. The molecule has 0 saturated carbocycles. The Morgan fingerprint density at radius 1 is 1.50 bits per heavy atom. The van der Waals surface area contributed by atoms with Gasteiger partial charge in [0.1, 0.15) is 12.4 Å². The van der Waals surface area contributed by atoms with Crippen LogP contribution < -0.4 is 4.74 Å². The van der Waals surface area contributed by atoms with Crippen LogP contribution in [0.4, 0.5) is 0 Å². The van der Waals surface area contributed by atoms with Gasteiger partial charge < -0.3 is 9.84 Å². The van der Waals surface area contributed by atoms with Crippen molar-refractivity contribution in [2.45, 2.75) is 13.5 Å². The Kier molecular flexibility index (Phi) is 3.98. The molecule has 2 aromatic heterocycles. The van der Waals surface area contributed by atoms with Crippen molar-refractivity contribution >= 4 is 33.2 Å².